The van der Waals surface area contributed by atoms with Crippen molar-refractivity contribution in [1.29, 1.82) is 0 Å². The average Bonchev–Trinajstić information content (AvgIpc) is 3.05. The van der Waals surface area contributed by atoms with Gasteiger partial charge in [-0.25, -0.2) is 4.98 Å². The summed E-state index contributed by atoms with van der Waals surface area (Å²) < 4.78 is 67.7. The molecule has 0 spiro atoms. The molecule has 0 aliphatic carbocycles. The molecule has 11 heteroatoms. The van der Waals surface area contributed by atoms with Crippen LogP contribution < -0.4 is 24.3 Å². The number of nitrogens with zero attached hydrogens (tertiary/aromatic N) is 2. The van der Waals surface area contributed by atoms with E-state index in [-0.39, 0.29) is 0 Å². The van der Waals surface area contributed by atoms with Gasteiger partial charge in [-0.1, -0.05) is 54.6 Å². The summed E-state index contributed by atoms with van der Waals surface area (Å²) in [5.74, 6) is -0.141. The van der Waals surface area contributed by atoms with Gasteiger partial charge in [-0.15, -0.1) is 0 Å². The molecular weight excluding hydrogens is 614 g/mol. The average molecular weight is 648 g/mol. The van der Waals surface area contributed by atoms with Crippen LogP contribution in [0.2, 0.25) is 0 Å². The predicted octanol–water partition coefficient (Wildman–Crippen LogP) is 8.22. The van der Waals surface area contributed by atoms with Crippen LogP contribution in [0.25, 0.3) is 0 Å². The lowest BCUT2D eigenvalue weighted by Crippen LogP contribution is -2.28. The van der Waals surface area contributed by atoms with Crippen LogP contribution in [0, 0.1) is 5.21 Å². The molecule has 0 aliphatic rings. The Morgan fingerprint density at radius 2 is 1.43 bits per heavy atom. The maximum Gasteiger partial charge on any atom is 0.387 e. The molecule has 47 heavy (non-hydrogen) atoms. The SMILES string of the molecule is CC(C)(Nc1ccc(C(Cc2cc[n+]([O-])cc2)c2ccc(OC(F)F)c(OC(F)F)c2)cn1)c1ccc(OCc2ccccc2)cc1. The minimum absolute atomic E-state index is 0.350. The van der Waals surface area contributed by atoms with Crippen molar-refractivity contribution in [2.45, 2.75) is 51.6 Å². The van der Waals surface area contributed by atoms with Crippen LogP contribution in [0.4, 0.5) is 23.4 Å². The third-order valence-corrected chi connectivity index (χ3v) is 7.57. The Morgan fingerprint density at radius 3 is 2.06 bits per heavy atom. The molecule has 5 rings (SSSR count). The molecule has 1 N–H and O–H groups in total. The molecule has 244 valence electrons. The number of nitrogens with one attached hydrogen (secondary N) is 1. The number of ether oxygens (including phenoxy) is 3. The zero-order valence-electron chi connectivity index (χ0n) is 25.7. The normalized spacial score (nSPS) is 12.2. The number of hydrogen-bond acceptors (Lipinski definition) is 6. The second-order valence-electron chi connectivity index (χ2n) is 11.3. The first-order valence-corrected chi connectivity index (χ1v) is 14.8. The molecule has 2 heterocycles. The molecule has 3 aromatic carbocycles. The van der Waals surface area contributed by atoms with Crippen LogP contribution in [0.5, 0.6) is 17.2 Å². The standard InChI is InChI=1S/C36H33F4N3O4/c1-36(2,28-10-12-29(13-11-28)45-23-25-6-4-3-5-7-25)42-33-15-9-27(22-41-33)30(20-24-16-18-43(44)19-17-24)26-8-14-31(46-34(37)38)32(21-26)47-35(39)40/h3-19,21-22,30,34-35H,20,23H2,1-2H3,(H,41,42). The minimum atomic E-state index is -3.25. The Balaban J connectivity index is 1.35. The third kappa shape index (κ3) is 9.12. The van der Waals surface area contributed by atoms with Gasteiger partial charge in [0.15, 0.2) is 23.9 Å². The van der Waals surface area contributed by atoms with Crippen molar-refractivity contribution in [3.63, 3.8) is 0 Å². The van der Waals surface area contributed by atoms with E-state index < -0.39 is 36.2 Å². The molecular formula is C36H33F4N3O4. The summed E-state index contributed by atoms with van der Waals surface area (Å²) in [5.41, 5.74) is 3.58. The second kappa shape index (κ2) is 14.8. The fourth-order valence-corrected chi connectivity index (χ4v) is 5.15. The van der Waals surface area contributed by atoms with Crippen LogP contribution in [0.1, 0.15) is 47.6 Å². The highest BCUT2D eigenvalue weighted by Gasteiger charge is 2.23. The number of hydrogen-bond donors (Lipinski definition) is 1. The first-order valence-electron chi connectivity index (χ1n) is 14.8. The summed E-state index contributed by atoms with van der Waals surface area (Å²) in [6.45, 7) is -1.96. The number of halogens is 4. The molecule has 7 nitrogen and oxygen atoms in total. The van der Waals surface area contributed by atoms with E-state index in [0.29, 0.717) is 29.1 Å². The van der Waals surface area contributed by atoms with Crippen molar-refractivity contribution in [2.24, 2.45) is 0 Å². The number of alkyl halides is 4. The van der Waals surface area contributed by atoms with Gasteiger partial charge in [0.05, 0.1) is 5.54 Å². The number of anilines is 1. The number of aromatic nitrogens is 2. The zero-order chi connectivity index (χ0) is 33.4. The van der Waals surface area contributed by atoms with E-state index in [9.17, 15) is 22.8 Å². The second-order valence-corrected chi connectivity index (χ2v) is 11.3. The highest BCUT2D eigenvalue weighted by Crippen LogP contribution is 2.37. The molecule has 1 unspecified atom stereocenters. The van der Waals surface area contributed by atoms with Crippen LogP contribution in [-0.2, 0) is 18.6 Å². The molecule has 0 saturated carbocycles. The summed E-state index contributed by atoms with van der Waals surface area (Å²) in [6, 6.07) is 28.6. The summed E-state index contributed by atoms with van der Waals surface area (Å²) in [4.78, 5) is 4.63. The van der Waals surface area contributed by atoms with Gasteiger partial charge in [0, 0.05) is 24.2 Å². The number of pyridine rings is 2. The van der Waals surface area contributed by atoms with Gasteiger partial charge in [-0.3, -0.25) is 0 Å². The van der Waals surface area contributed by atoms with E-state index in [4.69, 9.17) is 4.74 Å². The smallest absolute Gasteiger partial charge is 0.387 e. The topological polar surface area (TPSA) is 79.6 Å². The van der Waals surface area contributed by atoms with E-state index in [0.717, 1.165) is 28.0 Å². The fraction of sp³-hybridized carbons (Fsp3) is 0.222. The highest BCUT2D eigenvalue weighted by molar-refractivity contribution is 5.48. The van der Waals surface area contributed by atoms with Crippen molar-refractivity contribution in [3.05, 3.63) is 149 Å². The van der Waals surface area contributed by atoms with Crippen LogP contribution in [0.3, 0.4) is 0 Å². The van der Waals surface area contributed by atoms with Gasteiger partial charge < -0.3 is 24.7 Å². The maximum absolute atomic E-state index is 13.2. The van der Waals surface area contributed by atoms with Crippen molar-refractivity contribution < 1.29 is 36.5 Å². The maximum atomic E-state index is 13.2. The van der Waals surface area contributed by atoms with Gasteiger partial charge in [0.1, 0.15) is 18.2 Å². The van der Waals surface area contributed by atoms with Crippen molar-refractivity contribution in [3.8, 4) is 17.2 Å². The molecule has 0 saturated heterocycles. The summed E-state index contributed by atoms with van der Waals surface area (Å²) in [6.07, 6.45) is 4.72. The van der Waals surface area contributed by atoms with Gasteiger partial charge in [-0.05, 0) is 78.4 Å². The Kier molecular flexibility index (Phi) is 10.4. The largest absolute Gasteiger partial charge is 0.619 e. The Labute approximate surface area is 270 Å². The Bertz CT molecular complexity index is 1720. The van der Waals surface area contributed by atoms with Crippen LogP contribution >= 0.6 is 0 Å². The van der Waals surface area contributed by atoms with Crippen molar-refractivity contribution >= 4 is 5.82 Å². The highest BCUT2D eigenvalue weighted by atomic mass is 19.3. The first-order chi connectivity index (χ1) is 22.6. The van der Waals surface area contributed by atoms with Crippen molar-refractivity contribution in [2.75, 3.05) is 5.32 Å². The van der Waals surface area contributed by atoms with Gasteiger partial charge in [-0.2, -0.15) is 22.3 Å². The first kappa shape index (κ1) is 33.1. The summed E-state index contributed by atoms with van der Waals surface area (Å²) >= 11 is 0. The number of benzene rings is 3. The van der Waals surface area contributed by atoms with Crippen LogP contribution in [-0.4, -0.2) is 18.2 Å². The van der Waals surface area contributed by atoms with E-state index >= 15 is 0 Å². The van der Waals surface area contributed by atoms with Gasteiger partial charge in [0.2, 0.25) is 0 Å². The number of rotatable bonds is 14. The lowest BCUT2D eigenvalue weighted by atomic mass is 9.86. The minimum Gasteiger partial charge on any atom is -0.619 e. The quantitative estimate of drug-likeness (QED) is 0.0744. The zero-order valence-corrected chi connectivity index (χ0v) is 25.7. The van der Waals surface area contributed by atoms with E-state index in [1.54, 1.807) is 18.3 Å². The van der Waals surface area contributed by atoms with Gasteiger partial charge >= 0.3 is 13.2 Å². The Morgan fingerprint density at radius 1 is 0.766 bits per heavy atom. The molecule has 0 aliphatic heterocycles. The lowest BCUT2D eigenvalue weighted by Gasteiger charge is -2.28. The summed E-state index contributed by atoms with van der Waals surface area (Å²) in [5, 5.41) is 15.1. The Hall–Kier alpha value is -5.32. The lowest BCUT2D eigenvalue weighted by molar-refractivity contribution is -0.605. The molecule has 0 fully saturated rings. The molecule has 0 bridgehead atoms. The molecule has 5 aromatic rings. The van der Waals surface area contributed by atoms with E-state index in [1.165, 1.54) is 30.6 Å². The summed E-state index contributed by atoms with van der Waals surface area (Å²) in [7, 11) is 0. The predicted molar refractivity (Wildman–Crippen MR) is 169 cm³/mol. The monoisotopic (exact) mass is 647 g/mol. The van der Waals surface area contributed by atoms with E-state index in [2.05, 4.69) is 19.8 Å². The third-order valence-electron chi connectivity index (χ3n) is 7.57. The van der Waals surface area contributed by atoms with E-state index in [1.807, 2.05) is 80.6 Å². The molecule has 2 aromatic heterocycles. The molecule has 0 radical (unpaired) electrons. The van der Waals surface area contributed by atoms with Crippen molar-refractivity contribution in [1.82, 2.24) is 4.98 Å². The fourth-order valence-electron chi connectivity index (χ4n) is 5.15. The van der Waals surface area contributed by atoms with Gasteiger partial charge in [0.25, 0.3) is 0 Å². The molecule has 0 amide bonds. The van der Waals surface area contributed by atoms with Crippen LogP contribution in [0.15, 0.2) is 116 Å². The molecule has 1 atom stereocenters.